The van der Waals surface area contributed by atoms with Gasteiger partial charge in [-0.1, -0.05) is 5.18 Å². The molecule has 4 N–H and O–H groups in total. The van der Waals surface area contributed by atoms with Crippen LogP contribution >= 0.6 is 0 Å². The number of hydrogen-bond donors (Lipinski definition) is 3. The highest BCUT2D eigenvalue weighted by Gasteiger charge is 2.50. The van der Waals surface area contributed by atoms with E-state index >= 15 is 0 Å². The van der Waals surface area contributed by atoms with Crippen LogP contribution in [0.1, 0.15) is 16.6 Å². The molecule has 1 aromatic rings. The van der Waals surface area contributed by atoms with Gasteiger partial charge in [0, 0.05) is 6.07 Å². The van der Waals surface area contributed by atoms with Gasteiger partial charge in [-0.25, -0.2) is 0 Å². The summed E-state index contributed by atoms with van der Waals surface area (Å²) in [5, 5.41) is 21.8. The molecular weight excluding hydrogens is 254 g/mol. The molecule has 1 aliphatic heterocycles. The molecule has 1 fully saturated rings. The number of ether oxygens (including phenoxy) is 1. The molecular formula is C11H14N3O5+. The van der Waals surface area contributed by atoms with Gasteiger partial charge in [0.25, 0.3) is 12.1 Å². The molecule has 0 bridgehead atoms. The number of aromatic nitrogens is 1. The summed E-state index contributed by atoms with van der Waals surface area (Å²) >= 11 is 0. The molecule has 8 heteroatoms. The topological polar surface area (TPSA) is 126 Å². The van der Waals surface area contributed by atoms with Crippen LogP contribution < -0.4 is 10.3 Å². The van der Waals surface area contributed by atoms with E-state index in [2.05, 4.69) is 5.18 Å². The first-order valence-electron chi connectivity index (χ1n) is 5.66. The summed E-state index contributed by atoms with van der Waals surface area (Å²) in [6, 6.07) is 2.02. The molecule has 1 amide bonds. The van der Waals surface area contributed by atoms with E-state index in [9.17, 15) is 14.8 Å². The van der Waals surface area contributed by atoms with Crippen molar-refractivity contribution in [3.8, 4) is 0 Å². The summed E-state index contributed by atoms with van der Waals surface area (Å²) < 4.78 is 6.78. The fraction of sp³-hybridized carbons (Fsp3) is 0.455. The summed E-state index contributed by atoms with van der Waals surface area (Å²) in [7, 11) is 0. The first kappa shape index (κ1) is 13.5. The number of hydrogen-bond acceptors (Lipinski definition) is 6. The van der Waals surface area contributed by atoms with Gasteiger partial charge in [0.05, 0.1) is 6.61 Å². The maximum atomic E-state index is 11.1. The van der Waals surface area contributed by atoms with E-state index in [1.54, 1.807) is 12.3 Å². The smallest absolute Gasteiger partial charge is 0.291 e. The Morgan fingerprint density at radius 3 is 2.84 bits per heavy atom. The van der Waals surface area contributed by atoms with E-state index < -0.39 is 37.0 Å². The van der Waals surface area contributed by atoms with Crippen molar-refractivity contribution in [3.63, 3.8) is 0 Å². The molecule has 0 aliphatic carbocycles. The predicted molar refractivity (Wildman–Crippen MR) is 61.7 cm³/mol. The number of nitroso groups, excluding NO2 is 1. The first-order chi connectivity index (χ1) is 9.08. The maximum absolute atomic E-state index is 11.1. The van der Waals surface area contributed by atoms with Crippen LogP contribution in [0, 0.1) is 4.91 Å². The standard InChI is InChI=1S/C11H13N3O5/c12-10(17)6-2-1-3-14(4-6)11-9(16)8(13-18)7(5-15)19-11/h1-4,7-9,11,15-16H,5H2,(H-,12,17)/p+1/t7-,8?,9+,11-/m1/s1. The van der Waals surface area contributed by atoms with Crippen molar-refractivity contribution in [1.82, 2.24) is 0 Å². The van der Waals surface area contributed by atoms with Crippen molar-refractivity contribution < 1.29 is 24.3 Å². The molecule has 19 heavy (non-hydrogen) atoms. The summed E-state index contributed by atoms with van der Waals surface area (Å²) in [6.07, 6.45) is -0.0241. The lowest BCUT2D eigenvalue weighted by atomic mass is 10.1. The van der Waals surface area contributed by atoms with Crippen LogP contribution in [0.25, 0.3) is 0 Å². The number of aliphatic hydroxyl groups excluding tert-OH is 2. The zero-order valence-electron chi connectivity index (χ0n) is 9.92. The number of primary amides is 1. The lowest BCUT2D eigenvalue weighted by Crippen LogP contribution is -2.46. The molecule has 8 nitrogen and oxygen atoms in total. The van der Waals surface area contributed by atoms with Crippen molar-refractivity contribution in [2.45, 2.75) is 24.5 Å². The highest BCUT2D eigenvalue weighted by Crippen LogP contribution is 2.27. The van der Waals surface area contributed by atoms with Crippen LogP contribution in [0.2, 0.25) is 0 Å². The Kier molecular flexibility index (Phi) is 3.84. The van der Waals surface area contributed by atoms with Gasteiger partial charge in [0.1, 0.15) is 11.7 Å². The molecule has 1 unspecified atom stereocenters. The Labute approximate surface area is 108 Å². The lowest BCUT2D eigenvalue weighted by Gasteiger charge is -2.09. The molecule has 0 radical (unpaired) electrons. The van der Waals surface area contributed by atoms with E-state index in [4.69, 9.17) is 15.6 Å². The zero-order valence-corrected chi connectivity index (χ0v) is 9.92. The summed E-state index contributed by atoms with van der Waals surface area (Å²) in [6.45, 7) is -0.431. The largest absolute Gasteiger partial charge is 0.394 e. The third kappa shape index (κ3) is 2.46. The van der Waals surface area contributed by atoms with Crippen LogP contribution in [0.4, 0.5) is 0 Å². The van der Waals surface area contributed by atoms with Crippen molar-refractivity contribution >= 4 is 5.91 Å². The van der Waals surface area contributed by atoms with E-state index in [1.807, 2.05) is 0 Å². The van der Waals surface area contributed by atoms with E-state index in [-0.39, 0.29) is 5.56 Å². The normalized spacial score (nSPS) is 30.2. The third-order valence-corrected chi connectivity index (χ3v) is 3.04. The van der Waals surface area contributed by atoms with E-state index in [0.717, 1.165) is 0 Å². The minimum atomic E-state index is -1.21. The SMILES string of the molecule is NC(=O)c1ccc[n+]([C@@H]2O[C@H](CO)C(N=O)[C@@H]2O)c1. The number of aliphatic hydroxyl groups is 2. The van der Waals surface area contributed by atoms with Gasteiger partial charge in [-0.15, -0.1) is 0 Å². The average Bonchev–Trinajstić information content (AvgIpc) is 2.75. The van der Waals surface area contributed by atoms with Gasteiger partial charge in [0.2, 0.25) is 0 Å². The second-order valence-corrected chi connectivity index (χ2v) is 4.24. The molecule has 0 aromatic carbocycles. The summed E-state index contributed by atoms with van der Waals surface area (Å²) in [5.41, 5.74) is 5.40. The highest BCUT2D eigenvalue weighted by atomic mass is 16.5. The Morgan fingerprint density at radius 2 is 2.32 bits per heavy atom. The van der Waals surface area contributed by atoms with Crippen LogP contribution in [-0.4, -0.2) is 41.0 Å². The van der Waals surface area contributed by atoms with Crippen LogP contribution in [0.5, 0.6) is 0 Å². The van der Waals surface area contributed by atoms with E-state index in [1.165, 1.54) is 16.8 Å². The molecule has 1 saturated heterocycles. The molecule has 4 atom stereocenters. The number of pyridine rings is 1. The van der Waals surface area contributed by atoms with Gasteiger partial charge in [-0.3, -0.25) is 4.79 Å². The molecule has 102 valence electrons. The second kappa shape index (κ2) is 5.39. The molecule has 2 rings (SSSR count). The first-order valence-corrected chi connectivity index (χ1v) is 5.66. The second-order valence-electron chi connectivity index (χ2n) is 4.24. The Bertz CT molecular complexity index is 495. The fourth-order valence-corrected chi connectivity index (χ4v) is 2.05. The summed E-state index contributed by atoms with van der Waals surface area (Å²) in [5.74, 6) is -0.620. The Morgan fingerprint density at radius 1 is 1.58 bits per heavy atom. The summed E-state index contributed by atoms with van der Waals surface area (Å²) in [4.78, 5) is 21.7. The number of carbonyl (C=O) groups is 1. The third-order valence-electron chi connectivity index (χ3n) is 3.04. The minimum Gasteiger partial charge on any atom is -0.394 e. The fourth-order valence-electron chi connectivity index (χ4n) is 2.05. The average molecular weight is 268 g/mol. The van der Waals surface area contributed by atoms with Crippen molar-refractivity contribution in [1.29, 1.82) is 0 Å². The van der Waals surface area contributed by atoms with Crippen LogP contribution in [0.3, 0.4) is 0 Å². The van der Waals surface area contributed by atoms with Gasteiger partial charge in [-0.05, 0) is 6.07 Å². The van der Waals surface area contributed by atoms with Gasteiger partial charge >= 0.3 is 0 Å². The number of amides is 1. The minimum absolute atomic E-state index is 0.237. The highest BCUT2D eigenvalue weighted by molar-refractivity contribution is 5.92. The number of rotatable bonds is 4. The quantitative estimate of drug-likeness (QED) is 0.450. The van der Waals surface area contributed by atoms with Crippen molar-refractivity contribution in [2.75, 3.05) is 6.61 Å². The van der Waals surface area contributed by atoms with Crippen LogP contribution in [-0.2, 0) is 4.74 Å². The van der Waals surface area contributed by atoms with Gasteiger partial charge in [-0.2, -0.15) is 9.47 Å². The number of nitrogens with zero attached hydrogens (tertiary/aromatic N) is 2. The van der Waals surface area contributed by atoms with E-state index in [0.29, 0.717) is 0 Å². The molecule has 1 aromatic heterocycles. The van der Waals surface area contributed by atoms with Crippen molar-refractivity contribution in [3.05, 3.63) is 35.0 Å². The zero-order chi connectivity index (χ0) is 14.0. The molecule has 2 heterocycles. The lowest BCUT2D eigenvalue weighted by molar-refractivity contribution is -0.765. The molecule has 0 spiro atoms. The Hall–Kier alpha value is -1.90. The van der Waals surface area contributed by atoms with Gasteiger partial charge in [0.15, 0.2) is 24.5 Å². The van der Waals surface area contributed by atoms with Crippen molar-refractivity contribution in [2.24, 2.45) is 10.9 Å². The Balaban J connectivity index is 2.29. The molecule has 1 aliphatic rings. The van der Waals surface area contributed by atoms with Crippen LogP contribution in [0.15, 0.2) is 29.7 Å². The van der Waals surface area contributed by atoms with Gasteiger partial charge < -0.3 is 20.7 Å². The molecule has 0 saturated carbocycles. The predicted octanol–water partition coefficient (Wildman–Crippen LogP) is -1.54. The monoisotopic (exact) mass is 268 g/mol. The number of carbonyl (C=O) groups excluding carboxylic acids is 1. The maximum Gasteiger partial charge on any atom is 0.291 e. The number of nitrogens with two attached hydrogens (primary N) is 1.